The van der Waals surface area contributed by atoms with E-state index in [2.05, 4.69) is 35.2 Å². The highest BCUT2D eigenvalue weighted by atomic mass is 15.1. The van der Waals surface area contributed by atoms with Gasteiger partial charge in [0, 0.05) is 24.4 Å². The second kappa shape index (κ2) is 5.54. The van der Waals surface area contributed by atoms with Crippen molar-refractivity contribution in [1.29, 1.82) is 5.26 Å². The summed E-state index contributed by atoms with van der Waals surface area (Å²) in [5.74, 6) is 0. The number of benzene rings is 1. The van der Waals surface area contributed by atoms with E-state index < -0.39 is 0 Å². The van der Waals surface area contributed by atoms with E-state index in [0.717, 1.165) is 11.1 Å². The summed E-state index contributed by atoms with van der Waals surface area (Å²) in [6.45, 7) is 4.18. The van der Waals surface area contributed by atoms with Gasteiger partial charge in [-0.15, -0.1) is 0 Å². The summed E-state index contributed by atoms with van der Waals surface area (Å²) < 4.78 is 0. The van der Waals surface area contributed by atoms with Gasteiger partial charge in [0.2, 0.25) is 0 Å². The molecule has 0 N–H and O–H groups in total. The lowest BCUT2D eigenvalue weighted by Crippen LogP contribution is -2.29. The number of hydrogen-bond donors (Lipinski definition) is 0. The van der Waals surface area contributed by atoms with Crippen molar-refractivity contribution in [2.45, 2.75) is 26.2 Å². The molecule has 1 aliphatic rings. The minimum atomic E-state index is 0.746. The van der Waals surface area contributed by atoms with Crippen molar-refractivity contribution in [2.75, 3.05) is 18.0 Å². The Kier molecular flexibility index (Phi) is 3.82. The predicted molar refractivity (Wildman–Crippen MR) is 71.8 cm³/mol. The first-order valence-electron chi connectivity index (χ1n) is 6.23. The molecule has 2 nitrogen and oxygen atoms in total. The van der Waals surface area contributed by atoms with E-state index in [-0.39, 0.29) is 0 Å². The van der Waals surface area contributed by atoms with Crippen molar-refractivity contribution in [3.8, 4) is 6.07 Å². The molecule has 0 spiro atoms. The Morgan fingerprint density at radius 1 is 1.18 bits per heavy atom. The van der Waals surface area contributed by atoms with Crippen LogP contribution in [0.15, 0.2) is 29.8 Å². The van der Waals surface area contributed by atoms with E-state index in [1.807, 2.05) is 13.0 Å². The van der Waals surface area contributed by atoms with Gasteiger partial charge in [0.1, 0.15) is 0 Å². The van der Waals surface area contributed by atoms with E-state index in [4.69, 9.17) is 5.26 Å². The lowest BCUT2D eigenvalue weighted by atomic mass is 10.1. The molecule has 2 heteroatoms. The Labute approximate surface area is 103 Å². The molecule has 88 valence electrons. The third-order valence-corrected chi connectivity index (χ3v) is 3.17. The summed E-state index contributed by atoms with van der Waals surface area (Å²) >= 11 is 0. The number of anilines is 1. The van der Waals surface area contributed by atoms with Gasteiger partial charge in [-0.25, -0.2) is 0 Å². The largest absolute Gasteiger partial charge is 0.372 e. The summed E-state index contributed by atoms with van der Waals surface area (Å²) in [4.78, 5) is 2.44. The molecule has 0 bridgehead atoms. The highest BCUT2D eigenvalue weighted by molar-refractivity contribution is 5.59. The maximum Gasteiger partial charge on any atom is 0.0944 e. The Balaban J connectivity index is 2.10. The normalized spacial score (nSPS) is 16.7. The van der Waals surface area contributed by atoms with Crippen LogP contribution in [0.2, 0.25) is 0 Å². The zero-order chi connectivity index (χ0) is 12.1. The van der Waals surface area contributed by atoms with Crippen molar-refractivity contribution in [3.05, 3.63) is 35.4 Å². The number of nitriles is 1. The van der Waals surface area contributed by atoms with Gasteiger partial charge in [0.05, 0.1) is 6.07 Å². The van der Waals surface area contributed by atoms with E-state index in [1.165, 1.54) is 38.0 Å². The second-order valence-corrected chi connectivity index (χ2v) is 4.58. The predicted octanol–water partition coefficient (Wildman–Crippen LogP) is 3.60. The third-order valence-electron chi connectivity index (χ3n) is 3.17. The van der Waals surface area contributed by atoms with E-state index >= 15 is 0 Å². The maximum absolute atomic E-state index is 8.73. The highest BCUT2D eigenvalue weighted by Crippen LogP contribution is 2.20. The minimum Gasteiger partial charge on any atom is -0.372 e. The van der Waals surface area contributed by atoms with E-state index in [9.17, 15) is 0 Å². The maximum atomic E-state index is 8.73. The van der Waals surface area contributed by atoms with Gasteiger partial charge in [-0.3, -0.25) is 0 Å². The molecule has 0 amide bonds. The topological polar surface area (TPSA) is 27.0 Å². The average Bonchev–Trinajstić information content (AvgIpc) is 2.40. The first kappa shape index (κ1) is 11.7. The summed E-state index contributed by atoms with van der Waals surface area (Å²) in [7, 11) is 0. The molecule has 0 atom stereocenters. The number of hydrogen-bond acceptors (Lipinski definition) is 2. The zero-order valence-electron chi connectivity index (χ0n) is 10.3. The monoisotopic (exact) mass is 226 g/mol. The molecule has 1 heterocycles. The summed E-state index contributed by atoms with van der Waals surface area (Å²) in [6, 6.07) is 10.6. The van der Waals surface area contributed by atoms with Crippen molar-refractivity contribution in [3.63, 3.8) is 0 Å². The summed E-state index contributed by atoms with van der Waals surface area (Å²) in [5, 5.41) is 8.73. The fraction of sp³-hybridized carbons (Fsp3) is 0.400. The second-order valence-electron chi connectivity index (χ2n) is 4.58. The molecule has 0 radical (unpaired) electrons. The van der Waals surface area contributed by atoms with Crippen molar-refractivity contribution in [2.24, 2.45) is 0 Å². The fourth-order valence-electron chi connectivity index (χ4n) is 2.22. The molecular formula is C15H18N2. The molecular weight excluding hydrogens is 208 g/mol. The van der Waals surface area contributed by atoms with Crippen LogP contribution in [0.1, 0.15) is 31.7 Å². The molecule has 0 aromatic heterocycles. The van der Waals surface area contributed by atoms with Crippen molar-refractivity contribution >= 4 is 11.8 Å². The zero-order valence-corrected chi connectivity index (χ0v) is 10.3. The molecule has 0 aliphatic carbocycles. The fourth-order valence-corrected chi connectivity index (χ4v) is 2.22. The van der Waals surface area contributed by atoms with E-state index in [1.54, 1.807) is 0 Å². The molecule has 2 rings (SSSR count). The number of allylic oxidation sites excluding steroid dienone is 1. The molecule has 1 fully saturated rings. The van der Waals surface area contributed by atoms with Crippen LogP contribution in [0.4, 0.5) is 5.69 Å². The van der Waals surface area contributed by atoms with Gasteiger partial charge in [0.25, 0.3) is 0 Å². The van der Waals surface area contributed by atoms with Crippen LogP contribution in [-0.2, 0) is 0 Å². The quantitative estimate of drug-likeness (QED) is 0.720. The van der Waals surface area contributed by atoms with Gasteiger partial charge < -0.3 is 4.90 Å². The molecule has 0 unspecified atom stereocenters. The van der Waals surface area contributed by atoms with Crippen LogP contribution >= 0.6 is 0 Å². The van der Waals surface area contributed by atoms with Gasteiger partial charge >= 0.3 is 0 Å². The molecule has 17 heavy (non-hydrogen) atoms. The van der Waals surface area contributed by atoms with Crippen LogP contribution in [0.25, 0.3) is 6.08 Å². The van der Waals surface area contributed by atoms with Gasteiger partial charge in [-0.1, -0.05) is 12.1 Å². The van der Waals surface area contributed by atoms with Crippen LogP contribution in [0, 0.1) is 11.3 Å². The smallest absolute Gasteiger partial charge is 0.0944 e. The lowest BCUT2D eigenvalue weighted by Gasteiger charge is -2.28. The first-order valence-corrected chi connectivity index (χ1v) is 6.23. The number of piperidine rings is 1. The summed E-state index contributed by atoms with van der Waals surface area (Å²) in [6.07, 6.45) is 5.88. The molecule has 1 aromatic carbocycles. The van der Waals surface area contributed by atoms with Gasteiger partial charge in [-0.2, -0.15) is 5.26 Å². The Morgan fingerprint density at radius 2 is 1.82 bits per heavy atom. The molecule has 1 saturated heterocycles. The van der Waals surface area contributed by atoms with Crippen molar-refractivity contribution in [1.82, 2.24) is 0 Å². The van der Waals surface area contributed by atoms with Crippen LogP contribution in [-0.4, -0.2) is 13.1 Å². The Morgan fingerprint density at radius 3 is 2.41 bits per heavy atom. The third kappa shape index (κ3) is 3.10. The molecule has 1 aliphatic heterocycles. The number of nitrogens with zero attached hydrogens (tertiary/aromatic N) is 2. The van der Waals surface area contributed by atoms with Crippen LogP contribution < -0.4 is 4.90 Å². The van der Waals surface area contributed by atoms with Gasteiger partial charge in [-0.05, 0) is 50.0 Å². The SMILES string of the molecule is C/C(C#N)=C/c1ccc(N2CCCCC2)cc1. The van der Waals surface area contributed by atoms with Crippen LogP contribution in [0.3, 0.4) is 0 Å². The number of rotatable bonds is 2. The highest BCUT2D eigenvalue weighted by Gasteiger charge is 2.09. The molecule has 1 aromatic rings. The lowest BCUT2D eigenvalue weighted by molar-refractivity contribution is 0.578. The van der Waals surface area contributed by atoms with Crippen molar-refractivity contribution < 1.29 is 0 Å². The Bertz CT molecular complexity index is 431. The first-order chi connectivity index (χ1) is 8.29. The summed E-state index contributed by atoms with van der Waals surface area (Å²) in [5.41, 5.74) is 3.15. The van der Waals surface area contributed by atoms with Gasteiger partial charge in [0.15, 0.2) is 0 Å². The van der Waals surface area contributed by atoms with Crippen LogP contribution in [0.5, 0.6) is 0 Å². The minimum absolute atomic E-state index is 0.746. The Hall–Kier alpha value is -1.75. The average molecular weight is 226 g/mol. The van der Waals surface area contributed by atoms with E-state index in [0.29, 0.717) is 0 Å². The molecule has 0 saturated carbocycles. The standard InChI is InChI=1S/C15H18N2/c1-13(12-16)11-14-5-7-15(8-6-14)17-9-3-2-4-10-17/h5-8,11H,2-4,9-10H2,1H3/b13-11-.